The Bertz CT molecular complexity index is 807. The molecule has 4 saturated carbocycles. The first-order chi connectivity index (χ1) is 14.3. The highest BCUT2D eigenvalue weighted by atomic mass is 16.2. The highest BCUT2D eigenvalue weighted by molar-refractivity contribution is 5.90. The lowest BCUT2D eigenvalue weighted by Crippen LogP contribution is -2.58. The monoisotopic (exact) mass is 412 g/mol. The summed E-state index contributed by atoms with van der Waals surface area (Å²) in [6, 6.07) is -0.486. The SMILES string of the molecule is CC(C)C(NC(=O)C12CC3CC(CC(C3)C1)C2)C(=O)NC1CCCc2nn(C)cc21. The van der Waals surface area contributed by atoms with Gasteiger partial charge in [-0.1, -0.05) is 13.8 Å². The van der Waals surface area contributed by atoms with E-state index in [0.717, 1.165) is 67.5 Å². The van der Waals surface area contributed by atoms with Crippen LogP contribution in [0.2, 0.25) is 0 Å². The van der Waals surface area contributed by atoms with Crippen LogP contribution in [0.25, 0.3) is 0 Å². The van der Waals surface area contributed by atoms with Crippen molar-refractivity contribution in [1.82, 2.24) is 20.4 Å². The lowest BCUT2D eigenvalue weighted by Gasteiger charge is -2.55. The average Bonchev–Trinajstić information content (AvgIpc) is 3.05. The molecule has 0 saturated heterocycles. The van der Waals surface area contributed by atoms with Crippen molar-refractivity contribution in [2.45, 2.75) is 83.7 Å². The van der Waals surface area contributed by atoms with Crippen LogP contribution in [0.3, 0.4) is 0 Å². The number of nitrogens with zero attached hydrogens (tertiary/aromatic N) is 2. The van der Waals surface area contributed by atoms with Gasteiger partial charge in [-0.15, -0.1) is 0 Å². The van der Waals surface area contributed by atoms with E-state index in [9.17, 15) is 9.59 Å². The molecule has 2 N–H and O–H groups in total. The fourth-order valence-electron chi connectivity index (χ4n) is 7.30. The number of hydrogen-bond acceptors (Lipinski definition) is 3. The molecular formula is C24H36N4O2. The second-order valence-electron chi connectivity index (χ2n) is 11.1. The van der Waals surface area contributed by atoms with E-state index in [1.807, 2.05) is 31.8 Å². The van der Waals surface area contributed by atoms with Gasteiger partial charge in [-0.05, 0) is 81.5 Å². The average molecular weight is 413 g/mol. The van der Waals surface area contributed by atoms with E-state index in [4.69, 9.17) is 0 Å². The van der Waals surface area contributed by atoms with Gasteiger partial charge >= 0.3 is 0 Å². The summed E-state index contributed by atoms with van der Waals surface area (Å²) in [6.07, 6.45) is 12.0. The molecule has 164 valence electrons. The molecule has 5 aliphatic rings. The maximum atomic E-state index is 13.5. The molecular weight excluding hydrogens is 376 g/mol. The van der Waals surface area contributed by atoms with Gasteiger partial charge < -0.3 is 10.6 Å². The van der Waals surface area contributed by atoms with Gasteiger partial charge in [-0.25, -0.2) is 0 Å². The van der Waals surface area contributed by atoms with Gasteiger partial charge in [0, 0.05) is 24.2 Å². The minimum absolute atomic E-state index is 0.00680. The Morgan fingerprint density at radius 3 is 2.37 bits per heavy atom. The molecule has 0 spiro atoms. The normalized spacial score (nSPS) is 35.2. The summed E-state index contributed by atoms with van der Waals surface area (Å²) in [5, 5.41) is 11.0. The standard InChI is InChI=1S/C24H36N4O2/c1-14(2)21(22(29)25-19-5-4-6-20-18(19)13-28(3)27-20)26-23(30)24-10-15-7-16(11-24)9-17(8-15)12-24/h13-17,19,21H,4-12H2,1-3H3,(H,25,29)(H,26,30). The molecule has 6 heteroatoms. The predicted molar refractivity (Wildman–Crippen MR) is 114 cm³/mol. The minimum atomic E-state index is -0.479. The molecule has 1 heterocycles. The summed E-state index contributed by atoms with van der Waals surface area (Å²) in [5.41, 5.74) is 2.00. The van der Waals surface area contributed by atoms with Gasteiger partial charge in [0.15, 0.2) is 0 Å². The van der Waals surface area contributed by atoms with Crippen LogP contribution in [0.15, 0.2) is 6.20 Å². The second-order valence-corrected chi connectivity index (χ2v) is 11.1. The fraction of sp³-hybridized carbons (Fsp3) is 0.792. The maximum Gasteiger partial charge on any atom is 0.243 e. The van der Waals surface area contributed by atoms with Crippen LogP contribution in [0.4, 0.5) is 0 Å². The van der Waals surface area contributed by atoms with E-state index in [2.05, 4.69) is 15.7 Å². The van der Waals surface area contributed by atoms with E-state index in [-0.39, 0.29) is 29.2 Å². The Morgan fingerprint density at radius 1 is 1.13 bits per heavy atom. The van der Waals surface area contributed by atoms with Crippen LogP contribution in [0.1, 0.15) is 82.5 Å². The molecule has 0 aliphatic heterocycles. The van der Waals surface area contributed by atoms with Crippen LogP contribution in [0, 0.1) is 29.1 Å². The number of aryl methyl sites for hydroxylation is 2. The zero-order valence-electron chi connectivity index (χ0n) is 18.6. The Hall–Kier alpha value is -1.85. The molecule has 1 aromatic rings. The van der Waals surface area contributed by atoms with Crippen molar-refractivity contribution in [2.24, 2.45) is 36.1 Å². The molecule has 5 aliphatic carbocycles. The smallest absolute Gasteiger partial charge is 0.243 e. The molecule has 2 amide bonds. The second kappa shape index (κ2) is 7.38. The Labute approximate surface area is 179 Å². The van der Waals surface area contributed by atoms with Gasteiger partial charge in [0.25, 0.3) is 0 Å². The van der Waals surface area contributed by atoms with E-state index in [1.54, 1.807) is 0 Å². The molecule has 4 fully saturated rings. The molecule has 1 aromatic heterocycles. The molecule has 6 rings (SSSR count). The number of amides is 2. The van der Waals surface area contributed by atoms with E-state index >= 15 is 0 Å². The largest absolute Gasteiger partial charge is 0.347 e. The summed E-state index contributed by atoms with van der Waals surface area (Å²) in [7, 11) is 1.93. The molecule has 2 unspecified atom stereocenters. The van der Waals surface area contributed by atoms with Crippen molar-refractivity contribution in [1.29, 1.82) is 0 Å². The third kappa shape index (κ3) is 3.46. The van der Waals surface area contributed by atoms with Crippen molar-refractivity contribution in [2.75, 3.05) is 0 Å². The molecule has 4 bridgehead atoms. The van der Waals surface area contributed by atoms with Crippen LogP contribution >= 0.6 is 0 Å². The molecule has 0 radical (unpaired) electrons. The number of aromatic nitrogens is 2. The van der Waals surface area contributed by atoms with Crippen LogP contribution < -0.4 is 10.6 Å². The van der Waals surface area contributed by atoms with Gasteiger partial charge in [0.1, 0.15) is 6.04 Å². The quantitative estimate of drug-likeness (QED) is 0.779. The number of carbonyl (C=O) groups is 2. The third-order valence-corrected chi connectivity index (χ3v) is 8.29. The van der Waals surface area contributed by atoms with Crippen molar-refractivity contribution < 1.29 is 9.59 Å². The lowest BCUT2D eigenvalue weighted by atomic mass is 9.49. The summed E-state index contributed by atoms with van der Waals surface area (Å²) in [5.74, 6) is 2.31. The highest BCUT2D eigenvalue weighted by Crippen LogP contribution is 2.60. The van der Waals surface area contributed by atoms with E-state index in [1.165, 1.54) is 19.3 Å². The van der Waals surface area contributed by atoms with E-state index < -0.39 is 6.04 Å². The van der Waals surface area contributed by atoms with Gasteiger partial charge in [-0.2, -0.15) is 5.10 Å². The Kier molecular flexibility index (Phi) is 4.94. The highest BCUT2D eigenvalue weighted by Gasteiger charge is 2.55. The first-order valence-corrected chi connectivity index (χ1v) is 12.0. The van der Waals surface area contributed by atoms with Crippen LogP contribution in [-0.2, 0) is 23.1 Å². The Morgan fingerprint density at radius 2 is 1.77 bits per heavy atom. The van der Waals surface area contributed by atoms with Gasteiger partial charge in [-0.3, -0.25) is 14.3 Å². The van der Waals surface area contributed by atoms with Crippen molar-refractivity contribution in [3.63, 3.8) is 0 Å². The van der Waals surface area contributed by atoms with Crippen molar-refractivity contribution >= 4 is 11.8 Å². The third-order valence-electron chi connectivity index (χ3n) is 8.29. The Balaban J connectivity index is 1.29. The van der Waals surface area contributed by atoms with Crippen LogP contribution in [-0.4, -0.2) is 27.6 Å². The van der Waals surface area contributed by atoms with Crippen molar-refractivity contribution in [3.8, 4) is 0 Å². The number of carbonyl (C=O) groups excluding carboxylic acids is 2. The van der Waals surface area contributed by atoms with E-state index in [0.29, 0.717) is 0 Å². The number of hydrogen-bond donors (Lipinski definition) is 2. The van der Waals surface area contributed by atoms with Crippen molar-refractivity contribution in [3.05, 3.63) is 17.5 Å². The summed E-state index contributed by atoms with van der Waals surface area (Å²) < 4.78 is 1.84. The number of nitrogens with one attached hydrogen (secondary N) is 2. The summed E-state index contributed by atoms with van der Waals surface area (Å²) in [6.45, 7) is 4.06. The first kappa shape index (κ1) is 20.1. The van der Waals surface area contributed by atoms with Gasteiger partial charge in [0.2, 0.25) is 11.8 Å². The molecule has 2 atom stereocenters. The molecule has 30 heavy (non-hydrogen) atoms. The molecule has 6 nitrogen and oxygen atoms in total. The van der Waals surface area contributed by atoms with Crippen LogP contribution in [0.5, 0.6) is 0 Å². The minimum Gasteiger partial charge on any atom is -0.347 e. The zero-order chi connectivity index (χ0) is 21.0. The predicted octanol–water partition coefficient (Wildman–Crippen LogP) is 3.27. The maximum absolute atomic E-state index is 13.5. The fourth-order valence-corrected chi connectivity index (χ4v) is 7.30. The topological polar surface area (TPSA) is 76.0 Å². The number of fused-ring (bicyclic) bond motifs is 1. The summed E-state index contributed by atoms with van der Waals surface area (Å²) in [4.78, 5) is 26.8. The first-order valence-electron chi connectivity index (χ1n) is 12.0. The molecule has 0 aromatic carbocycles. The zero-order valence-corrected chi connectivity index (χ0v) is 18.6. The number of rotatable bonds is 5. The van der Waals surface area contributed by atoms with Gasteiger partial charge in [0.05, 0.1) is 11.7 Å². The lowest BCUT2D eigenvalue weighted by molar-refractivity contribution is -0.149. The summed E-state index contributed by atoms with van der Waals surface area (Å²) >= 11 is 0.